The molecule has 44 heavy (non-hydrogen) atoms. The molecule has 0 aliphatic carbocycles. The van der Waals surface area contributed by atoms with E-state index in [0.717, 1.165) is 6.42 Å². The van der Waals surface area contributed by atoms with Crippen LogP contribution in [-0.2, 0) is 6.42 Å². The van der Waals surface area contributed by atoms with Gasteiger partial charge >= 0.3 is 0 Å². The van der Waals surface area contributed by atoms with Gasteiger partial charge in [0.25, 0.3) is 0 Å². The van der Waals surface area contributed by atoms with E-state index in [1.54, 1.807) is 0 Å². The lowest BCUT2D eigenvalue weighted by atomic mass is 9.95. The lowest BCUT2D eigenvalue weighted by Gasteiger charge is -2.13. The standard InChI is InChI=1S/C43H39N/c1-7-32-24-29(4)10-19-39(32)33-11-15-36(16-12-33)44-42-20-13-34(37-17-8-27(2)22-30(37)5)25-40(42)41-26-35(14-21-43(41)44)38-18-9-28(3)23-31(38)6/h8-26H,7H2,1-6H3. The molecule has 0 aliphatic heterocycles. The number of aryl methyl sites for hydroxylation is 6. The van der Waals surface area contributed by atoms with Crippen molar-refractivity contribution in [3.05, 3.63) is 149 Å². The van der Waals surface area contributed by atoms with E-state index in [1.807, 2.05) is 0 Å². The molecule has 0 N–H and O–H groups in total. The Balaban J connectivity index is 1.44. The molecule has 7 rings (SSSR count). The number of hydrogen-bond acceptors (Lipinski definition) is 0. The molecule has 216 valence electrons. The Labute approximate surface area is 261 Å². The molecule has 0 saturated heterocycles. The molecule has 1 heteroatoms. The van der Waals surface area contributed by atoms with Crippen LogP contribution in [0, 0.1) is 34.6 Å². The van der Waals surface area contributed by atoms with E-state index in [2.05, 4.69) is 161 Å². The molecule has 0 fully saturated rings. The number of rotatable bonds is 5. The molecule has 1 nitrogen and oxygen atoms in total. The van der Waals surface area contributed by atoms with Crippen LogP contribution in [0.4, 0.5) is 0 Å². The molecule has 6 aromatic carbocycles. The summed E-state index contributed by atoms with van der Waals surface area (Å²) in [6, 6.07) is 43.4. The van der Waals surface area contributed by atoms with Gasteiger partial charge in [0.2, 0.25) is 0 Å². The quantitative estimate of drug-likeness (QED) is 0.194. The summed E-state index contributed by atoms with van der Waals surface area (Å²) < 4.78 is 2.43. The lowest BCUT2D eigenvalue weighted by molar-refractivity contribution is 1.13. The second-order valence-corrected chi connectivity index (χ2v) is 12.5. The van der Waals surface area contributed by atoms with Crippen molar-refractivity contribution < 1.29 is 0 Å². The number of aromatic nitrogens is 1. The van der Waals surface area contributed by atoms with Crippen LogP contribution in [0.15, 0.2) is 115 Å². The number of fused-ring (bicyclic) bond motifs is 3. The zero-order valence-electron chi connectivity index (χ0n) is 26.6. The Hall–Kier alpha value is -4.88. The fourth-order valence-corrected chi connectivity index (χ4v) is 7.00. The minimum absolute atomic E-state index is 1.03. The summed E-state index contributed by atoms with van der Waals surface area (Å²) in [6.07, 6.45) is 1.03. The van der Waals surface area contributed by atoms with E-state index >= 15 is 0 Å². The maximum atomic E-state index is 2.43. The fraction of sp³-hybridized carbons (Fsp3) is 0.163. The molecule has 1 aromatic heterocycles. The maximum absolute atomic E-state index is 2.43. The third-order valence-corrected chi connectivity index (χ3v) is 9.23. The molecule has 1 heterocycles. The largest absolute Gasteiger partial charge is 0.309 e. The minimum atomic E-state index is 1.03. The predicted molar refractivity (Wildman–Crippen MR) is 190 cm³/mol. The average molecular weight is 570 g/mol. The van der Waals surface area contributed by atoms with Crippen molar-refractivity contribution in [3.8, 4) is 39.1 Å². The molecule has 0 saturated carbocycles. The first-order valence-electron chi connectivity index (χ1n) is 15.7. The SMILES string of the molecule is CCc1cc(C)ccc1-c1ccc(-n2c3ccc(-c4ccc(C)cc4C)cc3c3cc(-c4ccc(C)cc4C)ccc32)cc1. The summed E-state index contributed by atoms with van der Waals surface area (Å²) in [5, 5.41) is 2.56. The van der Waals surface area contributed by atoms with Gasteiger partial charge in [-0.15, -0.1) is 0 Å². The molecule has 0 amide bonds. The predicted octanol–water partition coefficient (Wildman–Crippen LogP) is 11.9. The number of hydrogen-bond donors (Lipinski definition) is 0. The highest BCUT2D eigenvalue weighted by molar-refractivity contribution is 6.11. The molecule has 0 spiro atoms. The lowest BCUT2D eigenvalue weighted by Crippen LogP contribution is -1.95. The highest BCUT2D eigenvalue weighted by Crippen LogP contribution is 2.39. The smallest absolute Gasteiger partial charge is 0.0541 e. The monoisotopic (exact) mass is 569 g/mol. The highest BCUT2D eigenvalue weighted by Gasteiger charge is 2.16. The fourth-order valence-electron chi connectivity index (χ4n) is 7.00. The molecular weight excluding hydrogens is 530 g/mol. The van der Waals surface area contributed by atoms with Gasteiger partial charge in [0.1, 0.15) is 0 Å². The third kappa shape index (κ3) is 4.83. The molecule has 0 radical (unpaired) electrons. The molecule has 0 bridgehead atoms. The van der Waals surface area contributed by atoms with E-state index in [-0.39, 0.29) is 0 Å². The van der Waals surface area contributed by atoms with Crippen LogP contribution in [0.2, 0.25) is 0 Å². The van der Waals surface area contributed by atoms with Gasteiger partial charge in [0.15, 0.2) is 0 Å². The summed E-state index contributed by atoms with van der Waals surface area (Å²) >= 11 is 0. The van der Waals surface area contributed by atoms with Gasteiger partial charge in [-0.25, -0.2) is 0 Å². The number of nitrogens with zero attached hydrogens (tertiary/aromatic N) is 1. The summed E-state index contributed by atoms with van der Waals surface area (Å²) in [6.45, 7) is 13.2. The van der Waals surface area contributed by atoms with Gasteiger partial charge in [0.05, 0.1) is 11.0 Å². The third-order valence-electron chi connectivity index (χ3n) is 9.23. The first-order valence-corrected chi connectivity index (χ1v) is 15.7. The van der Waals surface area contributed by atoms with E-state index in [4.69, 9.17) is 0 Å². The topological polar surface area (TPSA) is 4.93 Å². The van der Waals surface area contributed by atoms with Crippen LogP contribution < -0.4 is 0 Å². The zero-order valence-corrected chi connectivity index (χ0v) is 26.6. The van der Waals surface area contributed by atoms with Crippen molar-refractivity contribution in [2.75, 3.05) is 0 Å². The Morgan fingerprint density at radius 2 is 0.886 bits per heavy atom. The highest BCUT2D eigenvalue weighted by atomic mass is 15.0. The normalized spacial score (nSPS) is 11.5. The summed E-state index contributed by atoms with van der Waals surface area (Å²) in [4.78, 5) is 0. The first-order chi connectivity index (χ1) is 21.3. The Bertz CT molecular complexity index is 2080. The van der Waals surface area contributed by atoms with Crippen LogP contribution in [0.25, 0.3) is 60.9 Å². The van der Waals surface area contributed by atoms with Crippen molar-refractivity contribution >= 4 is 21.8 Å². The van der Waals surface area contributed by atoms with Crippen molar-refractivity contribution in [2.24, 2.45) is 0 Å². The minimum Gasteiger partial charge on any atom is -0.309 e. The average Bonchev–Trinajstić information content (AvgIpc) is 3.34. The van der Waals surface area contributed by atoms with Gasteiger partial charge < -0.3 is 4.57 Å². The summed E-state index contributed by atoms with van der Waals surface area (Å²) in [5.41, 5.74) is 19.2. The molecule has 7 aromatic rings. The molecule has 0 aliphatic rings. The van der Waals surface area contributed by atoms with Gasteiger partial charge in [-0.05, 0) is 128 Å². The van der Waals surface area contributed by atoms with Crippen LogP contribution in [0.1, 0.15) is 40.3 Å². The van der Waals surface area contributed by atoms with Crippen LogP contribution in [0.5, 0.6) is 0 Å². The Morgan fingerprint density at radius 1 is 0.432 bits per heavy atom. The van der Waals surface area contributed by atoms with Crippen molar-refractivity contribution in [2.45, 2.75) is 48.0 Å². The van der Waals surface area contributed by atoms with Crippen LogP contribution in [0.3, 0.4) is 0 Å². The van der Waals surface area contributed by atoms with E-state index < -0.39 is 0 Å². The van der Waals surface area contributed by atoms with Crippen LogP contribution in [-0.4, -0.2) is 4.57 Å². The molecule has 0 atom stereocenters. The Morgan fingerprint density at radius 3 is 1.36 bits per heavy atom. The van der Waals surface area contributed by atoms with Crippen molar-refractivity contribution in [1.82, 2.24) is 4.57 Å². The van der Waals surface area contributed by atoms with Crippen LogP contribution >= 0.6 is 0 Å². The van der Waals surface area contributed by atoms with Gasteiger partial charge in [-0.3, -0.25) is 0 Å². The van der Waals surface area contributed by atoms with E-state index in [0.29, 0.717) is 0 Å². The summed E-state index contributed by atoms with van der Waals surface area (Å²) in [7, 11) is 0. The van der Waals surface area contributed by atoms with Gasteiger partial charge in [-0.2, -0.15) is 0 Å². The van der Waals surface area contributed by atoms with Crippen molar-refractivity contribution in [1.29, 1.82) is 0 Å². The van der Waals surface area contributed by atoms with Gasteiger partial charge in [-0.1, -0.05) is 102 Å². The van der Waals surface area contributed by atoms with E-state index in [9.17, 15) is 0 Å². The second kappa shape index (κ2) is 11.0. The summed E-state index contributed by atoms with van der Waals surface area (Å²) in [5.74, 6) is 0. The molecular formula is C43H39N. The van der Waals surface area contributed by atoms with Gasteiger partial charge in [0, 0.05) is 16.5 Å². The first kappa shape index (κ1) is 27.9. The zero-order chi connectivity index (χ0) is 30.5. The maximum Gasteiger partial charge on any atom is 0.0541 e. The Kier molecular flexibility index (Phi) is 6.98. The molecule has 0 unspecified atom stereocenters. The number of benzene rings is 6. The second-order valence-electron chi connectivity index (χ2n) is 12.5. The van der Waals surface area contributed by atoms with Crippen molar-refractivity contribution in [3.63, 3.8) is 0 Å². The van der Waals surface area contributed by atoms with E-state index in [1.165, 1.54) is 94.3 Å².